The predicted molar refractivity (Wildman–Crippen MR) is 80.2 cm³/mol. The highest BCUT2D eigenvalue weighted by atomic mass is 79.9. The molecule has 1 aliphatic heterocycles. The number of ether oxygens (including phenoxy) is 1. The average Bonchev–Trinajstić information content (AvgIpc) is 3.26. The number of rotatable bonds is 4. The topological polar surface area (TPSA) is 24.5 Å². The minimum Gasteiger partial charge on any atom is -0.374 e. The second-order valence-electron chi connectivity index (χ2n) is 5.55. The quantitative estimate of drug-likeness (QED) is 0.910. The van der Waals surface area contributed by atoms with Gasteiger partial charge in [-0.25, -0.2) is 4.39 Å². The summed E-state index contributed by atoms with van der Waals surface area (Å²) >= 11 is 3.57. The van der Waals surface area contributed by atoms with Crippen molar-refractivity contribution in [3.05, 3.63) is 34.1 Å². The van der Waals surface area contributed by atoms with Crippen LogP contribution in [0, 0.1) is 5.82 Å². The molecule has 0 amide bonds. The van der Waals surface area contributed by atoms with Crippen LogP contribution in [0.15, 0.2) is 22.7 Å². The van der Waals surface area contributed by atoms with Crippen molar-refractivity contribution in [1.29, 1.82) is 0 Å². The van der Waals surface area contributed by atoms with Crippen LogP contribution in [0.25, 0.3) is 0 Å². The molecule has 20 heavy (non-hydrogen) atoms. The molecular formula is C15H20BrFN2O. The Balaban J connectivity index is 1.95. The van der Waals surface area contributed by atoms with Gasteiger partial charge in [-0.15, -0.1) is 0 Å². The summed E-state index contributed by atoms with van der Waals surface area (Å²) in [6.45, 7) is 2.46. The van der Waals surface area contributed by atoms with Crippen molar-refractivity contribution in [2.24, 2.45) is 0 Å². The third-order valence-electron chi connectivity index (χ3n) is 4.09. The molecule has 1 heterocycles. The number of nitrogens with zero attached hydrogens (tertiary/aromatic N) is 1. The van der Waals surface area contributed by atoms with Gasteiger partial charge in [0.1, 0.15) is 5.82 Å². The highest BCUT2D eigenvalue weighted by Gasteiger charge is 2.41. The van der Waals surface area contributed by atoms with Crippen LogP contribution in [0.2, 0.25) is 0 Å². The number of halogens is 2. The second kappa shape index (κ2) is 6.10. The van der Waals surface area contributed by atoms with E-state index in [1.165, 1.54) is 18.9 Å². The minimum absolute atomic E-state index is 0.0625. The van der Waals surface area contributed by atoms with Crippen LogP contribution in [0.5, 0.6) is 0 Å². The third-order valence-corrected chi connectivity index (χ3v) is 4.81. The van der Waals surface area contributed by atoms with Gasteiger partial charge in [-0.05, 0) is 43.7 Å². The van der Waals surface area contributed by atoms with Crippen LogP contribution in [-0.4, -0.2) is 43.8 Å². The minimum atomic E-state index is -0.187. The van der Waals surface area contributed by atoms with E-state index in [2.05, 4.69) is 26.1 Å². The maximum atomic E-state index is 13.7. The molecule has 0 spiro atoms. The first-order valence-electron chi connectivity index (χ1n) is 7.17. The molecule has 3 rings (SSSR count). The Morgan fingerprint density at radius 3 is 2.95 bits per heavy atom. The zero-order valence-electron chi connectivity index (χ0n) is 11.6. The van der Waals surface area contributed by atoms with E-state index in [0.717, 1.165) is 29.7 Å². The van der Waals surface area contributed by atoms with E-state index in [4.69, 9.17) is 4.74 Å². The largest absolute Gasteiger partial charge is 0.374 e. The number of nitrogens with one attached hydrogen (secondary N) is 1. The molecule has 0 aromatic heterocycles. The van der Waals surface area contributed by atoms with Crippen molar-refractivity contribution in [1.82, 2.24) is 10.2 Å². The SMILES string of the molecule is CNCC1OCCN(C2CC2)C1c1cc(F)ccc1Br. The molecule has 2 aliphatic rings. The molecule has 3 nitrogen and oxygen atoms in total. The molecule has 1 saturated carbocycles. The molecular weight excluding hydrogens is 323 g/mol. The summed E-state index contributed by atoms with van der Waals surface area (Å²) in [7, 11) is 1.93. The molecule has 0 radical (unpaired) electrons. The van der Waals surface area contributed by atoms with Crippen molar-refractivity contribution >= 4 is 15.9 Å². The molecule has 5 heteroatoms. The van der Waals surface area contributed by atoms with Crippen LogP contribution in [0.3, 0.4) is 0 Å². The van der Waals surface area contributed by atoms with Crippen molar-refractivity contribution in [3.8, 4) is 0 Å². The Bertz CT molecular complexity index is 479. The summed E-state index contributed by atoms with van der Waals surface area (Å²) in [6.07, 6.45) is 2.55. The van der Waals surface area contributed by atoms with Crippen LogP contribution in [-0.2, 0) is 4.74 Å². The third kappa shape index (κ3) is 2.91. The average molecular weight is 343 g/mol. The highest BCUT2D eigenvalue weighted by Crippen LogP contribution is 2.41. The Morgan fingerprint density at radius 1 is 1.45 bits per heavy atom. The predicted octanol–water partition coefficient (Wildman–Crippen LogP) is 2.71. The first-order chi connectivity index (χ1) is 9.70. The molecule has 1 N–H and O–H groups in total. The Labute approximate surface area is 127 Å². The summed E-state index contributed by atoms with van der Waals surface area (Å²) in [5.41, 5.74) is 0.997. The number of morpholine rings is 1. The Morgan fingerprint density at radius 2 is 2.25 bits per heavy atom. The summed E-state index contributed by atoms with van der Waals surface area (Å²) in [5.74, 6) is -0.187. The van der Waals surface area contributed by atoms with Gasteiger partial charge >= 0.3 is 0 Å². The number of hydrogen-bond donors (Lipinski definition) is 1. The van der Waals surface area contributed by atoms with Crippen LogP contribution < -0.4 is 5.32 Å². The van der Waals surface area contributed by atoms with Gasteiger partial charge in [0.05, 0.1) is 18.8 Å². The van der Waals surface area contributed by atoms with Crippen molar-refractivity contribution in [2.45, 2.75) is 31.0 Å². The smallest absolute Gasteiger partial charge is 0.123 e. The van der Waals surface area contributed by atoms with Gasteiger partial charge in [-0.1, -0.05) is 15.9 Å². The van der Waals surface area contributed by atoms with Gasteiger partial charge < -0.3 is 10.1 Å². The standard InChI is InChI=1S/C15H20BrFN2O/c1-18-9-14-15(12-8-10(17)2-5-13(12)16)19(6-7-20-14)11-3-4-11/h2,5,8,11,14-15,18H,3-4,6-7,9H2,1H3. The van der Waals surface area contributed by atoms with E-state index >= 15 is 0 Å². The van der Waals surface area contributed by atoms with Gasteiger partial charge in [0.2, 0.25) is 0 Å². The zero-order chi connectivity index (χ0) is 14.1. The van der Waals surface area contributed by atoms with Crippen LogP contribution >= 0.6 is 15.9 Å². The normalized spacial score (nSPS) is 27.8. The lowest BCUT2D eigenvalue weighted by Crippen LogP contribution is -2.49. The van der Waals surface area contributed by atoms with E-state index in [1.54, 1.807) is 12.1 Å². The zero-order valence-corrected chi connectivity index (χ0v) is 13.2. The van der Waals surface area contributed by atoms with Gasteiger partial charge in [0.25, 0.3) is 0 Å². The lowest BCUT2D eigenvalue weighted by Gasteiger charge is -2.42. The van der Waals surface area contributed by atoms with Gasteiger partial charge in [-0.3, -0.25) is 4.90 Å². The fourth-order valence-corrected chi connectivity index (χ4v) is 3.54. The lowest BCUT2D eigenvalue weighted by molar-refractivity contribution is -0.0742. The van der Waals surface area contributed by atoms with E-state index in [9.17, 15) is 4.39 Å². The van der Waals surface area contributed by atoms with Gasteiger partial charge in [0.15, 0.2) is 0 Å². The Hall–Kier alpha value is -0.490. The maximum Gasteiger partial charge on any atom is 0.123 e. The van der Waals surface area contributed by atoms with Crippen molar-refractivity contribution in [3.63, 3.8) is 0 Å². The van der Waals surface area contributed by atoms with Gasteiger partial charge in [0, 0.05) is 23.6 Å². The summed E-state index contributed by atoms with van der Waals surface area (Å²) in [6, 6.07) is 5.68. The molecule has 2 unspecified atom stereocenters. The van der Waals surface area contributed by atoms with E-state index in [1.807, 2.05) is 7.05 Å². The first-order valence-corrected chi connectivity index (χ1v) is 7.97. The highest BCUT2D eigenvalue weighted by molar-refractivity contribution is 9.10. The number of likely N-dealkylation sites (N-methyl/N-ethyl adjacent to an activating group) is 1. The summed E-state index contributed by atoms with van der Waals surface area (Å²) < 4.78 is 20.6. The van der Waals surface area contributed by atoms with Gasteiger partial charge in [-0.2, -0.15) is 0 Å². The summed E-state index contributed by atoms with van der Waals surface area (Å²) in [5, 5.41) is 3.19. The van der Waals surface area contributed by atoms with E-state index in [0.29, 0.717) is 6.04 Å². The first kappa shape index (κ1) is 14.4. The molecule has 2 fully saturated rings. The van der Waals surface area contributed by atoms with E-state index < -0.39 is 0 Å². The maximum absolute atomic E-state index is 13.7. The fourth-order valence-electron chi connectivity index (χ4n) is 3.06. The summed E-state index contributed by atoms with van der Waals surface area (Å²) in [4.78, 5) is 2.49. The fraction of sp³-hybridized carbons (Fsp3) is 0.600. The number of benzene rings is 1. The van der Waals surface area contributed by atoms with E-state index in [-0.39, 0.29) is 18.0 Å². The Kier molecular flexibility index (Phi) is 4.40. The van der Waals surface area contributed by atoms with Crippen molar-refractivity contribution < 1.29 is 9.13 Å². The molecule has 2 atom stereocenters. The van der Waals surface area contributed by atoms with Crippen LogP contribution in [0.1, 0.15) is 24.4 Å². The monoisotopic (exact) mass is 342 g/mol. The molecule has 1 saturated heterocycles. The molecule has 110 valence electrons. The lowest BCUT2D eigenvalue weighted by atomic mass is 9.97. The molecule has 0 bridgehead atoms. The second-order valence-corrected chi connectivity index (χ2v) is 6.40. The molecule has 1 aliphatic carbocycles. The molecule has 1 aromatic carbocycles. The molecule has 1 aromatic rings. The van der Waals surface area contributed by atoms with Crippen molar-refractivity contribution in [2.75, 3.05) is 26.7 Å². The number of hydrogen-bond acceptors (Lipinski definition) is 3. The van der Waals surface area contributed by atoms with Crippen LogP contribution in [0.4, 0.5) is 4.39 Å².